The van der Waals surface area contributed by atoms with Crippen LogP contribution in [0.5, 0.6) is 5.75 Å². The van der Waals surface area contributed by atoms with Gasteiger partial charge in [-0.1, -0.05) is 18.2 Å². The maximum atomic E-state index is 13.4. The molecule has 0 saturated carbocycles. The summed E-state index contributed by atoms with van der Waals surface area (Å²) >= 11 is 0. The monoisotopic (exact) mass is 437 g/mol. The van der Waals surface area contributed by atoms with Gasteiger partial charge in [-0.05, 0) is 47.5 Å². The van der Waals surface area contributed by atoms with Crippen LogP contribution in [0.25, 0.3) is 11.1 Å². The number of rotatable bonds is 6. The number of likely N-dealkylation sites (tertiary alicyclic amines) is 1. The number of halogens is 1. The molecular weight excluding hydrogens is 417 g/mol. The Morgan fingerprint density at radius 3 is 2.45 bits per heavy atom. The highest BCUT2D eigenvalue weighted by atomic mass is 32.2. The van der Waals surface area contributed by atoms with Crippen LogP contribution in [0.1, 0.15) is 11.1 Å². The molecule has 4 rings (SSSR count). The van der Waals surface area contributed by atoms with Crippen LogP contribution >= 0.6 is 0 Å². The molecule has 2 aromatic carbocycles. The quantitative estimate of drug-likeness (QED) is 0.588. The van der Waals surface area contributed by atoms with Gasteiger partial charge >= 0.3 is 0 Å². The third-order valence-corrected chi connectivity index (χ3v) is 6.09. The van der Waals surface area contributed by atoms with Crippen LogP contribution in [-0.4, -0.2) is 43.8 Å². The molecule has 1 saturated heterocycles. The third-order valence-electron chi connectivity index (χ3n) is 5.09. The second-order valence-corrected chi connectivity index (χ2v) is 9.50. The SMILES string of the molecule is CS(=O)(=O)c1ccc(-c2ccc(OC3CN(Cc4ccc(F)c(C#N)c4)C3)cc2)cn1. The van der Waals surface area contributed by atoms with E-state index in [-0.39, 0.29) is 16.7 Å². The minimum absolute atomic E-state index is 0.0511. The zero-order valence-electron chi connectivity index (χ0n) is 16.8. The smallest absolute Gasteiger partial charge is 0.192 e. The summed E-state index contributed by atoms with van der Waals surface area (Å²) in [4.78, 5) is 6.18. The van der Waals surface area contributed by atoms with Gasteiger partial charge in [0.15, 0.2) is 14.9 Å². The van der Waals surface area contributed by atoms with Gasteiger partial charge in [-0.3, -0.25) is 4.90 Å². The van der Waals surface area contributed by atoms with Gasteiger partial charge in [0.05, 0.1) is 5.56 Å². The summed E-state index contributed by atoms with van der Waals surface area (Å²) in [5.41, 5.74) is 2.70. The molecule has 31 heavy (non-hydrogen) atoms. The maximum Gasteiger partial charge on any atom is 0.192 e. The summed E-state index contributed by atoms with van der Waals surface area (Å²) in [7, 11) is -3.31. The number of nitriles is 1. The number of nitrogens with zero attached hydrogens (tertiary/aromatic N) is 3. The predicted molar refractivity (Wildman–Crippen MR) is 114 cm³/mol. The van der Waals surface area contributed by atoms with Crippen molar-refractivity contribution in [2.45, 2.75) is 17.7 Å². The molecule has 0 amide bonds. The molecule has 0 atom stereocenters. The van der Waals surface area contributed by atoms with Gasteiger partial charge in [0.1, 0.15) is 23.7 Å². The first kappa shape index (κ1) is 21.0. The van der Waals surface area contributed by atoms with Gasteiger partial charge in [0.25, 0.3) is 0 Å². The molecule has 2 heterocycles. The van der Waals surface area contributed by atoms with Crippen molar-refractivity contribution < 1.29 is 17.5 Å². The van der Waals surface area contributed by atoms with Gasteiger partial charge in [0, 0.05) is 37.7 Å². The van der Waals surface area contributed by atoms with Crippen LogP contribution in [0.3, 0.4) is 0 Å². The lowest BCUT2D eigenvalue weighted by Gasteiger charge is -2.39. The first-order valence-corrected chi connectivity index (χ1v) is 11.5. The van der Waals surface area contributed by atoms with Crippen LogP contribution in [0.2, 0.25) is 0 Å². The van der Waals surface area contributed by atoms with Crippen molar-refractivity contribution >= 4 is 9.84 Å². The Morgan fingerprint density at radius 1 is 1.13 bits per heavy atom. The van der Waals surface area contributed by atoms with E-state index in [9.17, 15) is 12.8 Å². The fraction of sp³-hybridized carbons (Fsp3) is 0.217. The second kappa shape index (κ2) is 8.46. The molecule has 1 aliphatic rings. The summed E-state index contributed by atoms with van der Waals surface area (Å²) in [5, 5.41) is 8.99. The number of ether oxygens (including phenoxy) is 1. The number of hydrogen-bond donors (Lipinski definition) is 0. The highest BCUT2D eigenvalue weighted by Crippen LogP contribution is 2.25. The zero-order chi connectivity index (χ0) is 22.0. The Kier molecular flexibility index (Phi) is 5.72. The molecule has 0 spiro atoms. The molecule has 1 aliphatic heterocycles. The largest absolute Gasteiger partial charge is 0.488 e. The molecule has 0 bridgehead atoms. The zero-order valence-corrected chi connectivity index (χ0v) is 17.6. The summed E-state index contributed by atoms with van der Waals surface area (Å²) in [6.45, 7) is 2.14. The van der Waals surface area contributed by atoms with Gasteiger partial charge in [0.2, 0.25) is 0 Å². The van der Waals surface area contributed by atoms with E-state index in [1.54, 1.807) is 24.4 Å². The Morgan fingerprint density at radius 2 is 1.84 bits per heavy atom. The van der Waals surface area contributed by atoms with E-state index >= 15 is 0 Å². The van der Waals surface area contributed by atoms with Crippen molar-refractivity contribution in [2.75, 3.05) is 19.3 Å². The third kappa shape index (κ3) is 4.90. The standard InChI is InChI=1S/C23H20FN3O3S/c1-31(28,29)23-9-5-18(12-26-23)17-3-6-20(7-4-17)30-21-14-27(15-21)13-16-2-8-22(24)19(10-16)11-25/h2-10,12,21H,13-15H2,1H3. The lowest BCUT2D eigenvalue weighted by atomic mass is 10.1. The molecule has 8 heteroatoms. The molecule has 0 N–H and O–H groups in total. The first-order chi connectivity index (χ1) is 14.8. The molecule has 1 fully saturated rings. The first-order valence-electron chi connectivity index (χ1n) is 9.66. The lowest BCUT2D eigenvalue weighted by molar-refractivity contribution is 0.0146. The average molecular weight is 437 g/mol. The Bertz CT molecular complexity index is 1230. The van der Waals surface area contributed by atoms with Crippen LogP contribution < -0.4 is 4.74 Å². The number of benzene rings is 2. The number of hydrogen-bond acceptors (Lipinski definition) is 6. The number of aromatic nitrogens is 1. The molecule has 0 aliphatic carbocycles. The summed E-state index contributed by atoms with van der Waals surface area (Å²) in [5.74, 6) is 0.254. The molecule has 1 aromatic heterocycles. The van der Waals surface area contributed by atoms with Crippen LogP contribution in [0.15, 0.2) is 65.8 Å². The van der Waals surface area contributed by atoms with E-state index in [0.717, 1.165) is 41.8 Å². The fourth-order valence-electron chi connectivity index (χ4n) is 3.43. The maximum absolute atomic E-state index is 13.4. The van der Waals surface area contributed by atoms with Gasteiger partial charge < -0.3 is 4.74 Å². The normalized spacial score (nSPS) is 14.6. The van der Waals surface area contributed by atoms with E-state index < -0.39 is 15.7 Å². The van der Waals surface area contributed by atoms with E-state index in [1.165, 1.54) is 12.1 Å². The van der Waals surface area contributed by atoms with E-state index in [2.05, 4.69) is 9.88 Å². The predicted octanol–water partition coefficient (Wildman–Crippen LogP) is 3.43. The average Bonchev–Trinajstić information content (AvgIpc) is 2.73. The summed E-state index contributed by atoms with van der Waals surface area (Å²) < 4.78 is 42.5. The topological polar surface area (TPSA) is 83.3 Å². The second-order valence-electron chi connectivity index (χ2n) is 7.54. The van der Waals surface area contributed by atoms with Crippen molar-refractivity contribution in [1.82, 2.24) is 9.88 Å². The Balaban J connectivity index is 1.31. The molecule has 0 unspecified atom stereocenters. The molecular formula is C23H20FN3O3S. The minimum atomic E-state index is -3.31. The molecule has 158 valence electrons. The highest BCUT2D eigenvalue weighted by molar-refractivity contribution is 7.90. The number of sulfone groups is 1. The minimum Gasteiger partial charge on any atom is -0.488 e. The van der Waals surface area contributed by atoms with Crippen molar-refractivity contribution in [2.24, 2.45) is 0 Å². The van der Waals surface area contributed by atoms with E-state index in [1.807, 2.05) is 30.3 Å². The molecule has 0 radical (unpaired) electrons. The highest BCUT2D eigenvalue weighted by Gasteiger charge is 2.28. The fourth-order valence-corrected chi connectivity index (χ4v) is 3.99. The van der Waals surface area contributed by atoms with Crippen molar-refractivity contribution in [1.29, 1.82) is 5.26 Å². The lowest BCUT2D eigenvalue weighted by Crippen LogP contribution is -2.53. The van der Waals surface area contributed by atoms with Crippen molar-refractivity contribution in [3.8, 4) is 22.9 Å². The van der Waals surface area contributed by atoms with E-state index in [4.69, 9.17) is 10.00 Å². The van der Waals surface area contributed by atoms with Crippen LogP contribution in [0, 0.1) is 17.1 Å². The van der Waals surface area contributed by atoms with Crippen LogP contribution in [0.4, 0.5) is 4.39 Å². The van der Waals surface area contributed by atoms with Crippen molar-refractivity contribution in [3.63, 3.8) is 0 Å². The Hall–Kier alpha value is -3.28. The van der Waals surface area contributed by atoms with Gasteiger partial charge in [-0.25, -0.2) is 17.8 Å². The summed E-state index contributed by atoms with van der Waals surface area (Å²) in [6.07, 6.45) is 2.74. The summed E-state index contributed by atoms with van der Waals surface area (Å²) in [6, 6.07) is 17.3. The molecule has 6 nitrogen and oxygen atoms in total. The van der Waals surface area contributed by atoms with E-state index in [0.29, 0.717) is 6.54 Å². The van der Waals surface area contributed by atoms with Gasteiger partial charge in [-0.15, -0.1) is 0 Å². The number of pyridine rings is 1. The Labute approximate surface area is 180 Å². The van der Waals surface area contributed by atoms with Crippen LogP contribution in [-0.2, 0) is 16.4 Å². The molecule has 3 aromatic rings. The van der Waals surface area contributed by atoms with Crippen molar-refractivity contribution in [3.05, 3.63) is 77.7 Å². The van der Waals surface area contributed by atoms with Gasteiger partial charge in [-0.2, -0.15) is 5.26 Å².